The maximum Gasteiger partial charge on any atom is 0.338 e. The monoisotopic (exact) mass is 576 g/mol. The van der Waals surface area contributed by atoms with Crippen LogP contribution >= 0.6 is 0 Å². The van der Waals surface area contributed by atoms with E-state index in [0.717, 1.165) is 18.7 Å². The molecule has 1 amide bonds. The Hall–Kier alpha value is -4.02. The molecule has 4 rings (SSSR count). The molecule has 0 saturated heterocycles. The van der Waals surface area contributed by atoms with Crippen LogP contribution in [0.3, 0.4) is 0 Å². The zero-order valence-electron chi connectivity index (χ0n) is 23.8. The standard InChI is InChI=1S/C31H36N4O5S/c1-5-34(6-2)19-20-35(41(4,38)39)25-16-14-24(15-17-25)32-29(22-11-9-8-10-12-22)28-26-18-13-23(31(37)40-7-3)21-27(26)33-30(28)36/h8-18,21,28H,5-7,19-20H2,1-4H3,(H,33,36). The first-order valence-electron chi connectivity index (χ1n) is 13.7. The number of anilines is 2. The van der Waals surface area contributed by atoms with Gasteiger partial charge in [0.15, 0.2) is 0 Å². The fraction of sp³-hybridized carbons (Fsp3) is 0.323. The van der Waals surface area contributed by atoms with Crippen molar-refractivity contribution in [1.29, 1.82) is 0 Å². The second-order valence-electron chi connectivity index (χ2n) is 9.69. The van der Waals surface area contributed by atoms with Crippen LogP contribution in [0.2, 0.25) is 0 Å². The van der Waals surface area contributed by atoms with Crippen molar-refractivity contribution in [1.82, 2.24) is 4.90 Å². The van der Waals surface area contributed by atoms with Crippen molar-refractivity contribution in [3.63, 3.8) is 0 Å². The van der Waals surface area contributed by atoms with Crippen LogP contribution in [0.4, 0.5) is 17.1 Å². The number of carbonyl (C=O) groups excluding carboxylic acids is 2. The van der Waals surface area contributed by atoms with Crippen LogP contribution in [-0.2, 0) is 19.6 Å². The van der Waals surface area contributed by atoms with Gasteiger partial charge in [0.05, 0.1) is 35.5 Å². The van der Waals surface area contributed by atoms with Crippen molar-refractivity contribution in [2.45, 2.75) is 26.7 Å². The van der Waals surface area contributed by atoms with Crippen molar-refractivity contribution in [2.24, 2.45) is 4.99 Å². The van der Waals surface area contributed by atoms with Gasteiger partial charge in [0.25, 0.3) is 0 Å². The molecule has 1 aliphatic heterocycles. The molecule has 0 radical (unpaired) electrons. The summed E-state index contributed by atoms with van der Waals surface area (Å²) in [6.07, 6.45) is 1.21. The van der Waals surface area contributed by atoms with Crippen molar-refractivity contribution < 1.29 is 22.7 Å². The van der Waals surface area contributed by atoms with Crippen LogP contribution in [0, 0.1) is 0 Å². The summed E-state index contributed by atoms with van der Waals surface area (Å²) in [6.45, 7) is 8.73. The van der Waals surface area contributed by atoms with E-state index in [4.69, 9.17) is 9.73 Å². The number of rotatable bonds is 12. The van der Waals surface area contributed by atoms with Gasteiger partial charge in [-0.15, -0.1) is 0 Å². The van der Waals surface area contributed by atoms with Crippen molar-refractivity contribution in [3.05, 3.63) is 89.5 Å². The van der Waals surface area contributed by atoms with Crippen molar-refractivity contribution >= 4 is 44.7 Å². The van der Waals surface area contributed by atoms with Crippen molar-refractivity contribution in [2.75, 3.05) is 48.7 Å². The molecule has 9 nitrogen and oxygen atoms in total. The summed E-state index contributed by atoms with van der Waals surface area (Å²) in [4.78, 5) is 32.6. The lowest BCUT2D eigenvalue weighted by Crippen LogP contribution is -2.38. The fourth-order valence-electron chi connectivity index (χ4n) is 4.87. The molecule has 0 aromatic heterocycles. The Morgan fingerprint density at radius 1 is 0.927 bits per heavy atom. The molecule has 1 N–H and O–H groups in total. The third-order valence-corrected chi connectivity index (χ3v) is 8.23. The van der Waals surface area contributed by atoms with Gasteiger partial charge < -0.3 is 15.0 Å². The van der Waals surface area contributed by atoms with Gasteiger partial charge in [-0.2, -0.15) is 0 Å². The number of nitrogens with one attached hydrogen (secondary N) is 1. The quantitative estimate of drug-likeness (QED) is 0.245. The van der Waals surface area contributed by atoms with Gasteiger partial charge in [-0.3, -0.25) is 14.1 Å². The number of esters is 1. The number of ether oxygens (including phenoxy) is 1. The fourth-order valence-corrected chi connectivity index (χ4v) is 5.79. The van der Waals surface area contributed by atoms with Gasteiger partial charge in [0.1, 0.15) is 5.92 Å². The minimum Gasteiger partial charge on any atom is -0.462 e. The summed E-state index contributed by atoms with van der Waals surface area (Å²) in [6, 6.07) is 21.5. The number of hydrogen-bond donors (Lipinski definition) is 1. The molecule has 1 atom stereocenters. The maximum atomic E-state index is 13.3. The van der Waals surface area contributed by atoms with Gasteiger partial charge >= 0.3 is 5.97 Å². The van der Waals surface area contributed by atoms with Gasteiger partial charge in [-0.25, -0.2) is 13.2 Å². The average Bonchev–Trinajstić information content (AvgIpc) is 3.29. The Labute approximate surface area is 241 Å². The zero-order valence-corrected chi connectivity index (χ0v) is 24.6. The molecule has 3 aromatic rings. The molecule has 0 fully saturated rings. The first kappa shape index (κ1) is 30.0. The maximum absolute atomic E-state index is 13.3. The van der Waals surface area contributed by atoms with Gasteiger partial charge in [0.2, 0.25) is 15.9 Å². The van der Waals surface area contributed by atoms with E-state index in [0.29, 0.717) is 47.0 Å². The lowest BCUT2D eigenvalue weighted by molar-refractivity contribution is -0.115. The average molecular weight is 577 g/mol. The highest BCUT2D eigenvalue weighted by Crippen LogP contribution is 2.37. The Kier molecular flexibility index (Phi) is 9.57. The summed E-state index contributed by atoms with van der Waals surface area (Å²) in [7, 11) is -3.49. The molecule has 0 bridgehead atoms. The number of likely N-dealkylation sites (N-methyl/N-ethyl adjacent to an activating group) is 1. The lowest BCUT2D eigenvalue weighted by atomic mass is 9.90. The normalized spacial score (nSPS) is 15.0. The summed E-state index contributed by atoms with van der Waals surface area (Å²) in [5.41, 5.74) is 4.06. The van der Waals surface area contributed by atoms with Crippen LogP contribution in [0.1, 0.15) is 48.2 Å². The van der Waals surface area contributed by atoms with E-state index in [-0.39, 0.29) is 12.5 Å². The van der Waals surface area contributed by atoms with Crippen molar-refractivity contribution in [3.8, 4) is 0 Å². The van der Waals surface area contributed by atoms with Crippen LogP contribution in [0.5, 0.6) is 0 Å². The smallest absolute Gasteiger partial charge is 0.338 e. The highest BCUT2D eigenvalue weighted by Gasteiger charge is 2.36. The Morgan fingerprint density at radius 3 is 2.22 bits per heavy atom. The number of benzene rings is 3. The molecule has 1 aliphatic rings. The first-order valence-corrected chi connectivity index (χ1v) is 15.6. The van der Waals surface area contributed by atoms with E-state index in [1.807, 2.05) is 44.2 Å². The topological polar surface area (TPSA) is 108 Å². The number of sulfonamides is 1. The third-order valence-electron chi connectivity index (χ3n) is 7.04. The molecule has 0 aliphatic carbocycles. The highest BCUT2D eigenvalue weighted by atomic mass is 32.2. The highest BCUT2D eigenvalue weighted by molar-refractivity contribution is 7.92. The molecular formula is C31H36N4O5S. The predicted molar refractivity (Wildman–Crippen MR) is 163 cm³/mol. The van der Waals surface area contributed by atoms with E-state index in [2.05, 4.69) is 10.2 Å². The van der Waals surface area contributed by atoms with E-state index in [1.165, 1.54) is 10.6 Å². The lowest BCUT2D eigenvalue weighted by Gasteiger charge is -2.26. The van der Waals surface area contributed by atoms with Crippen LogP contribution in [0.15, 0.2) is 77.8 Å². The van der Waals surface area contributed by atoms with Crippen LogP contribution < -0.4 is 9.62 Å². The van der Waals surface area contributed by atoms with E-state index in [9.17, 15) is 18.0 Å². The largest absolute Gasteiger partial charge is 0.462 e. The molecule has 41 heavy (non-hydrogen) atoms. The second-order valence-corrected chi connectivity index (χ2v) is 11.6. The van der Waals surface area contributed by atoms with Gasteiger partial charge in [0, 0.05) is 18.8 Å². The van der Waals surface area contributed by atoms with Crippen LogP contribution in [-0.4, -0.2) is 69.9 Å². The number of carbonyl (C=O) groups is 2. The third kappa shape index (κ3) is 7.01. The summed E-state index contributed by atoms with van der Waals surface area (Å²) in [5.74, 6) is -1.41. The van der Waals surface area contributed by atoms with E-state index in [1.54, 1.807) is 49.4 Å². The van der Waals surface area contributed by atoms with Gasteiger partial charge in [-0.05, 0) is 67.5 Å². The first-order chi connectivity index (χ1) is 19.7. The molecular weight excluding hydrogens is 540 g/mol. The minimum atomic E-state index is -3.49. The van der Waals surface area contributed by atoms with Gasteiger partial charge in [-0.1, -0.05) is 50.2 Å². The molecule has 0 saturated carbocycles. The SMILES string of the molecule is CCOC(=O)c1ccc2c(c1)NC(=O)C2C(=Nc1ccc(N(CCN(CC)CC)S(C)(=O)=O)cc1)c1ccccc1. The predicted octanol–water partition coefficient (Wildman–Crippen LogP) is 4.83. The zero-order chi connectivity index (χ0) is 29.6. The summed E-state index contributed by atoms with van der Waals surface area (Å²) in [5, 5.41) is 2.89. The Bertz CT molecular complexity index is 1520. The Balaban J connectivity index is 1.70. The van der Waals surface area contributed by atoms with Crippen LogP contribution in [0.25, 0.3) is 0 Å². The number of fused-ring (bicyclic) bond motifs is 1. The second kappa shape index (κ2) is 13.1. The molecule has 216 valence electrons. The van der Waals surface area contributed by atoms with E-state index < -0.39 is 21.9 Å². The molecule has 1 heterocycles. The molecule has 0 spiro atoms. The minimum absolute atomic E-state index is 0.250. The molecule has 3 aromatic carbocycles. The van der Waals surface area contributed by atoms with E-state index >= 15 is 0 Å². The number of amides is 1. The number of hydrogen-bond acceptors (Lipinski definition) is 7. The summed E-state index contributed by atoms with van der Waals surface area (Å²) < 4.78 is 31.7. The number of aliphatic imine (C=N–C) groups is 1. The molecule has 10 heteroatoms. The Morgan fingerprint density at radius 2 is 1.61 bits per heavy atom. The molecule has 1 unspecified atom stereocenters. The summed E-state index contributed by atoms with van der Waals surface area (Å²) >= 11 is 0. The number of nitrogens with zero attached hydrogens (tertiary/aromatic N) is 3.